The number of hydrogen-bond acceptors (Lipinski definition) is 4. The van der Waals surface area contributed by atoms with E-state index < -0.39 is 10.2 Å². The molecule has 0 aliphatic carbocycles. The van der Waals surface area contributed by atoms with Crippen LogP contribution in [0.3, 0.4) is 0 Å². The molecule has 104 valence electrons. The predicted molar refractivity (Wildman–Crippen MR) is 66.9 cm³/mol. The van der Waals surface area contributed by atoms with E-state index in [1.165, 1.54) is 4.31 Å². The summed E-state index contributed by atoms with van der Waals surface area (Å²) in [5, 5.41) is 8.33. The summed E-state index contributed by atoms with van der Waals surface area (Å²) in [5.41, 5.74) is 0. The van der Waals surface area contributed by atoms with Gasteiger partial charge < -0.3 is 10.2 Å². The number of carbonyl (C=O) groups is 1. The van der Waals surface area contributed by atoms with E-state index in [2.05, 4.69) is 5.32 Å². The highest BCUT2D eigenvalue weighted by molar-refractivity contribution is 7.86. The van der Waals surface area contributed by atoms with Gasteiger partial charge >= 0.3 is 0 Å². The first-order chi connectivity index (χ1) is 8.47. The number of hydrogen-bond donors (Lipinski definition) is 2. The molecule has 2 fully saturated rings. The lowest BCUT2D eigenvalue weighted by Gasteiger charge is -2.33. The van der Waals surface area contributed by atoms with Gasteiger partial charge in [-0.1, -0.05) is 0 Å². The Balaban J connectivity index is 1.80. The van der Waals surface area contributed by atoms with Crippen molar-refractivity contribution in [3.05, 3.63) is 0 Å². The minimum absolute atomic E-state index is 0.100. The van der Waals surface area contributed by atoms with Gasteiger partial charge in [-0.2, -0.15) is 12.7 Å². The van der Waals surface area contributed by atoms with Crippen LogP contribution in [0.15, 0.2) is 0 Å². The Bertz CT molecular complexity index is 397. The van der Waals surface area contributed by atoms with E-state index in [9.17, 15) is 13.2 Å². The first-order valence-electron chi connectivity index (χ1n) is 6.26. The van der Waals surface area contributed by atoms with Crippen molar-refractivity contribution in [2.24, 2.45) is 5.14 Å². The Kier molecular flexibility index (Phi) is 4.21. The first-order valence-corrected chi connectivity index (χ1v) is 7.76. The van der Waals surface area contributed by atoms with Gasteiger partial charge in [0.1, 0.15) is 0 Å². The monoisotopic (exact) mass is 276 g/mol. The summed E-state index contributed by atoms with van der Waals surface area (Å²) >= 11 is 0. The third kappa shape index (κ3) is 3.41. The first kappa shape index (κ1) is 13.7. The van der Waals surface area contributed by atoms with Crippen LogP contribution >= 0.6 is 0 Å². The fraction of sp³-hybridized carbons (Fsp3) is 0.900. The van der Waals surface area contributed by atoms with Crippen molar-refractivity contribution in [2.45, 2.75) is 25.3 Å². The van der Waals surface area contributed by atoms with Crippen LogP contribution < -0.4 is 10.5 Å². The molecule has 0 aromatic heterocycles. The highest BCUT2D eigenvalue weighted by Crippen LogP contribution is 2.12. The average molecular weight is 276 g/mol. The highest BCUT2D eigenvalue weighted by atomic mass is 32.2. The average Bonchev–Trinajstić information content (AvgIpc) is 2.81. The van der Waals surface area contributed by atoms with Crippen molar-refractivity contribution in [3.63, 3.8) is 0 Å². The molecule has 0 bridgehead atoms. The molecule has 0 aromatic rings. The van der Waals surface area contributed by atoms with Crippen LogP contribution in [0.2, 0.25) is 0 Å². The third-order valence-electron chi connectivity index (χ3n) is 3.53. The molecule has 2 aliphatic heterocycles. The summed E-state index contributed by atoms with van der Waals surface area (Å²) in [6, 6.07) is 0.286. The molecule has 18 heavy (non-hydrogen) atoms. The van der Waals surface area contributed by atoms with E-state index in [-0.39, 0.29) is 11.9 Å². The summed E-state index contributed by atoms with van der Waals surface area (Å²) in [7, 11) is -3.61. The number of nitrogens with two attached hydrogens (primary N) is 1. The van der Waals surface area contributed by atoms with Crippen LogP contribution in [-0.2, 0) is 15.0 Å². The van der Waals surface area contributed by atoms with Crippen molar-refractivity contribution in [1.82, 2.24) is 14.5 Å². The maximum absolute atomic E-state index is 12.0. The molecular formula is C10H20N4O3S. The summed E-state index contributed by atoms with van der Waals surface area (Å²) < 4.78 is 23.5. The predicted octanol–water partition coefficient (Wildman–Crippen LogP) is -1.52. The maximum atomic E-state index is 12.0. The summed E-state index contributed by atoms with van der Waals surface area (Å²) in [4.78, 5) is 13.7. The second-order valence-corrected chi connectivity index (χ2v) is 6.37. The van der Waals surface area contributed by atoms with E-state index in [0.29, 0.717) is 32.6 Å². The van der Waals surface area contributed by atoms with Crippen LogP contribution in [-0.4, -0.2) is 62.3 Å². The maximum Gasteiger partial charge on any atom is 0.277 e. The Hall–Kier alpha value is -0.700. The van der Waals surface area contributed by atoms with E-state index >= 15 is 0 Å². The third-order valence-corrected chi connectivity index (χ3v) is 4.62. The number of nitrogens with zero attached hydrogens (tertiary/aromatic N) is 2. The lowest BCUT2D eigenvalue weighted by Crippen LogP contribution is -2.52. The number of carbonyl (C=O) groups excluding carboxylic acids is 1. The van der Waals surface area contributed by atoms with Crippen molar-refractivity contribution in [3.8, 4) is 0 Å². The quantitative estimate of drug-likeness (QED) is 0.654. The molecular weight excluding hydrogens is 256 g/mol. The van der Waals surface area contributed by atoms with Gasteiger partial charge in [0.15, 0.2) is 0 Å². The SMILES string of the molecule is NS(=O)(=O)N1CCN(C(=O)CC2CCCN2)CC1. The summed E-state index contributed by atoms with van der Waals surface area (Å²) in [6.45, 7) is 2.44. The van der Waals surface area contributed by atoms with Crippen molar-refractivity contribution in [2.75, 3.05) is 32.7 Å². The van der Waals surface area contributed by atoms with Crippen LogP contribution in [0.5, 0.6) is 0 Å². The standard InChI is InChI=1S/C10H20N4O3S/c11-18(16,17)14-6-4-13(5-7-14)10(15)8-9-2-1-3-12-9/h9,12H,1-8H2,(H2,11,16,17). The molecule has 2 rings (SSSR count). The van der Waals surface area contributed by atoms with Crippen molar-refractivity contribution >= 4 is 16.1 Å². The zero-order valence-electron chi connectivity index (χ0n) is 10.3. The smallest absolute Gasteiger partial charge is 0.277 e. The minimum atomic E-state index is -3.61. The van der Waals surface area contributed by atoms with E-state index in [0.717, 1.165) is 19.4 Å². The van der Waals surface area contributed by atoms with Crippen molar-refractivity contribution < 1.29 is 13.2 Å². The zero-order valence-corrected chi connectivity index (χ0v) is 11.2. The Morgan fingerprint density at radius 2 is 1.94 bits per heavy atom. The molecule has 1 amide bonds. The highest BCUT2D eigenvalue weighted by Gasteiger charge is 2.28. The molecule has 2 heterocycles. The molecule has 2 saturated heterocycles. The zero-order chi connectivity index (χ0) is 13.2. The Labute approximate surface area is 107 Å². The minimum Gasteiger partial charge on any atom is -0.340 e. The number of amides is 1. The summed E-state index contributed by atoms with van der Waals surface area (Å²) in [6.07, 6.45) is 2.68. The van der Waals surface area contributed by atoms with Crippen molar-refractivity contribution in [1.29, 1.82) is 0 Å². The summed E-state index contributed by atoms with van der Waals surface area (Å²) in [5.74, 6) is 0.100. The molecule has 0 saturated carbocycles. The molecule has 8 heteroatoms. The molecule has 0 radical (unpaired) electrons. The normalized spacial score (nSPS) is 26.5. The van der Waals surface area contributed by atoms with Gasteiger partial charge in [0.2, 0.25) is 5.91 Å². The van der Waals surface area contributed by atoms with Crippen LogP contribution in [0.25, 0.3) is 0 Å². The van der Waals surface area contributed by atoms with E-state index in [1.54, 1.807) is 4.90 Å². The number of piperazine rings is 1. The lowest BCUT2D eigenvalue weighted by molar-refractivity contribution is -0.132. The molecule has 7 nitrogen and oxygen atoms in total. The van der Waals surface area contributed by atoms with Gasteiger partial charge in [-0.3, -0.25) is 4.79 Å². The van der Waals surface area contributed by atoms with Gasteiger partial charge in [-0.05, 0) is 19.4 Å². The van der Waals surface area contributed by atoms with Gasteiger partial charge in [0.25, 0.3) is 10.2 Å². The van der Waals surface area contributed by atoms with Gasteiger partial charge in [0.05, 0.1) is 0 Å². The van der Waals surface area contributed by atoms with Crippen LogP contribution in [0, 0.1) is 0 Å². The Morgan fingerprint density at radius 1 is 1.28 bits per heavy atom. The Morgan fingerprint density at radius 3 is 2.44 bits per heavy atom. The van der Waals surface area contributed by atoms with Crippen LogP contribution in [0.1, 0.15) is 19.3 Å². The van der Waals surface area contributed by atoms with Gasteiger partial charge in [-0.25, -0.2) is 5.14 Å². The second kappa shape index (κ2) is 5.52. The number of rotatable bonds is 3. The molecule has 0 spiro atoms. The number of nitrogens with one attached hydrogen (secondary N) is 1. The lowest BCUT2D eigenvalue weighted by atomic mass is 10.1. The molecule has 0 aromatic carbocycles. The fourth-order valence-corrected chi connectivity index (χ4v) is 3.14. The molecule has 1 unspecified atom stereocenters. The largest absolute Gasteiger partial charge is 0.340 e. The second-order valence-electron chi connectivity index (χ2n) is 4.82. The van der Waals surface area contributed by atoms with Crippen LogP contribution in [0.4, 0.5) is 0 Å². The fourth-order valence-electron chi connectivity index (χ4n) is 2.46. The van der Waals surface area contributed by atoms with E-state index in [1.807, 2.05) is 0 Å². The van der Waals surface area contributed by atoms with Gasteiger partial charge in [0, 0.05) is 38.6 Å². The van der Waals surface area contributed by atoms with E-state index in [4.69, 9.17) is 5.14 Å². The molecule has 1 atom stereocenters. The molecule has 3 N–H and O–H groups in total. The molecule has 2 aliphatic rings. The topological polar surface area (TPSA) is 95.7 Å². The van der Waals surface area contributed by atoms with Gasteiger partial charge in [-0.15, -0.1) is 0 Å².